The average Bonchev–Trinajstić information content (AvgIpc) is 2.11. The van der Waals surface area contributed by atoms with E-state index in [0.29, 0.717) is 5.95 Å². The topological polar surface area (TPSA) is 27.7 Å². The van der Waals surface area contributed by atoms with Gasteiger partial charge >= 0.3 is 0 Å². The number of hydrogen-bond donors (Lipinski definition) is 0. The number of hydrogen-bond acceptors (Lipinski definition) is 3. The van der Waals surface area contributed by atoms with E-state index in [1.54, 1.807) is 7.11 Å². The van der Waals surface area contributed by atoms with Gasteiger partial charge < -0.3 is 13.6 Å². The molecule has 0 radical (unpaired) electrons. The molecule has 0 saturated heterocycles. The van der Waals surface area contributed by atoms with Crippen LogP contribution in [0.1, 0.15) is 6.92 Å². The second-order valence-electron chi connectivity index (χ2n) is 5.79. The van der Waals surface area contributed by atoms with Crippen molar-refractivity contribution < 1.29 is 13.6 Å². The minimum absolute atomic E-state index is 0.538. The third kappa shape index (κ3) is 9.06. The van der Waals surface area contributed by atoms with Gasteiger partial charge in [0.05, 0.1) is 13.2 Å². The van der Waals surface area contributed by atoms with Gasteiger partial charge in [0.2, 0.25) is 16.6 Å². The maximum absolute atomic E-state index is 5.91. The van der Waals surface area contributed by atoms with Crippen molar-refractivity contribution in [3.8, 4) is 0 Å². The van der Waals surface area contributed by atoms with Gasteiger partial charge in [0.15, 0.2) is 0 Å². The molecular formula is C12H26O3Si2. The lowest BCUT2D eigenvalue weighted by molar-refractivity contribution is 0.145. The molecule has 0 aromatic carbocycles. The van der Waals surface area contributed by atoms with E-state index in [1.165, 1.54) is 0 Å². The maximum Gasteiger partial charge on any atom is 0.268 e. The van der Waals surface area contributed by atoms with Gasteiger partial charge in [-0.3, -0.25) is 0 Å². The first-order valence-corrected chi connectivity index (χ1v) is 12.7. The van der Waals surface area contributed by atoms with E-state index in [2.05, 4.69) is 39.3 Å². The zero-order chi connectivity index (χ0) is 13.7. The third-order valence-electron chi connectivity index (χ3n) is 1.58. The van der Waals surface area contributed by atoms with Gasteiger partial charge in [0, 0.05) is 0 Å². The van der Waals surface area contributed by atoms with E-state index in [4.69, 9.17) is 13.6 Å². The molecule has 17 heavy (non-hydrogen) atoms. The smallest absolute Gasteiger partial charge is 0.268 e. The molecule has 0 aliphatic heterocycles. The van der Waals surface area contributed by atoms with Gasteiger partial charge in [-0.25, -0.2) is 0 Å². The Morgan fingerprint density at radius 2 is 1.35 bits per heavy atom. The Morgan fingerprint density at radius 1 is 0.882 bits per heavy atom. The molecule has 0 aliphatic carbocycles. The third-order valence-corrected chi connectivity index (χ3v) is 3.24. The van der Waals surface area contributed by atoms with Crippen LogP contribution in [0, 0.1) is 0 Å². The Balaban J connectivity index is 4.81. The van der Waals surface area contributed by atoms with Crippen LogP contribution in [0.2, 0.25) is 39.3 Å². The van der Waals surface area contributed by atoms with Crippen LogP contribution in [0.4, 0.5) is 0 Å². The monoisotopic (exact) mass is 274 g/mol. The molecule has 0 aliphatic rings. The molecule has 0 heterocycles. The molecular weight excluding hydrogens is 248 g/mol. The summed E-state index contributed by atoms with van der Waals surface area (Å²) in [7, 11) is -1.62. The van der Waals surface area contributed by atoms with Crippen LogP contribution < -0.4 is 0 Å². The fourth-order valence-corrected chi connectivity index (χ4v) is 2.70. The van der Waals surface area contributed by atoms with Crippen molar-refractivity contribution in [3.63, 3.8) is 0 Å². The van der Waals surface area contributed by atoms with Gasteiger partial charge in [0.1, 0.15) is 5.76 Å². The summed E-state index contributed by atoms with van der Waals surface area (Å²) in [6, 6.07) is 0. The second-order valence-corrected chi connectivity index (χ2v) is 14.6. The number of ether oxygens (including phenoxy) is 1. The summed E-state index contributed by atoms with van der Waals surface area (Å²) in [5.74, 6) is 1.36. The molecule has 0 rings (SSSR count). The standard InChI is InChI=1S/C12H26O3Si2/c1-9-11(14-16(3,4)5)10-12(13-2)15-17(6,7)8/h9-10H,1-8H3. The van der Waals surface area contributed by atoms with E-state index in [9.17, 15) is 0 Å². The molecule has 0 spiro atoms. The summed E-state index contributed by atoms with van der Waals surface area (Å²) >= 11 is 0. The first kappa shape index (κ1) is 16.3. The lowest BCUT2D eigenvalue weighted by atomic mass is 10.4. The molecule has 0 unspecified atom stereocenters. The molecule has 0 aromatic rings. The van der Waals surface area contributed by atoms with Crippen molar-refractivity contribution >= 4 is 16.6 Å². The number of methoxy groups -OCH3 is 1. The fourth-order valence-electron chi connectivity index (χ4n) is 1.07. The van der Waals surface area contributed by atoms with Crippen LogP contribution in [0.15, 0.2) is 23.9 Å². The Hall–Kier alpha value is -0.686. The van der Waals surface area contributed by atoms with Crippen LogP contribution in [-0.4, -0.2) is 23.7 Å². The van der Waals surface area contributed by atoms with Crippen molar-refractivity contribution in [2.24, 2.45) is 0 Å². The van der Waals surface area contributed by atoms with Gasteiger partial charge in [-0.05, 0) is 52.3 Å². The minimum Gasteiger partial charge on any atom is -0.544 e. The highest BCUT2D eigenvalue weighted by Gasteiger charge is 2.20. The summed E-state index contributed by atoms with van der Waals surface area (Å²) < 4.78 is 17.0. The van der Waals surface area contributed by atoms with Crippen molar-refractivity contribution in [1.82, 2.24) is 0 Å². The predicted molar refractivity (Wildman–Crippen MR) is 77.7 cm³/mol. The Labute approximate surface area is 108 Å². The predicted octanol–water partition coefficient (Wildman–Crippen LogP) is 4.08. The van der Waals surface area contributed by atoms with E-state index < -0.39 is 16.6 Å². The summed E-state index contributed by atoms with van der Waals surface area (Å²) in [5, 5.41) is 0. The van der Waals surface area contributed by atoms with Crippen LogP contribution >= 0.6 is 0 Å². The van der Waals surface area contributed by atoms with Gasteiger partial charge in [-0.15, -0.1) is 0 Å². The highest BCUT2D eigenvalue weighted by Crippen LogP contribution is 2.17. The van der Waals surface area contributed by atoms with Gasteiger partial charge in [0.25, 0.3) is 5.95 Å². The van der Waals surface area contributed by atoms with Crippen molar-refractivity contribution in [3.05, 3.63) is 23.9 Å². The average molecular weight is 275 g/mol. The highest BCUT2D eigenvalue weighted by atomic mass is 28.4. The molecule has 5 heteroatoms. The molecule has 0 amide bonds. The number of rotatable bonds is 6. The number of allylic oxidation sites excluding steroid dienone is 2. The SMILES string of the molecule is CC=C(C=C(OC)O[Si](C)(C)C)O[Si](C)(C)C. The lowest BCUT2D eigenvalue weighted by Gasteiger charge is -2.23. The van der Waals surface area contributed by atoms with Crippen LogP contribution in [0.3, 0.4) is 0 Å². The van der Waals surface area contributed by atoms with E-state index in [-0.39, 0.29) is 0 Å². The zero-order valence-corrected chi connectivity index (χ0v) is 14.4. The molecule has 0 N–H and O–H groups in total. The van der Waals surface area contributed by atoms with Crippen molar-refractivity contribution in [2.45, 2.75) is 46.2 Å². The van der Waals surface area contributed by atoms with Crippen LogP contribution in [0.5, 0.6) is 0 Å². The summed E-state index contributed by atoms with van der Waals surface area (Å²) in [6.07, 6.45) is 3.77. The summed E-state index contributed by atoms with van der Waals surface area (Å²) in [5.41, 5.74) is 0. The molecule has 0 atom stereocenters. The largest absolute Gasteiger partial charge is 0.544 e. The molecule has 0 saturated carbocycles. The quantitative estimate of drug-likeness (QED) is 0.415. The Morgan fingerprint density at radius 3 is 1.65 bits per heavy atom. The lowest BCUT2D eigenvalue weighted by Crippen LogP contribution is -2.26. The molecule has 0 fully saturated rings. The van der Waals surface area contributed by atoms with E-state index in [0.717, 1.165) is 5.76 Å². The molecule has 3 nitrogen and oxygen atoms in total. The van der Waals surface area contributed by atoms with Crippen molar-refractivity contribution in [1.29, 1.82) is 0 Å². The molecule has 100 valence electrons. The molecule has 0 aromatic heterocycles. The van der Waals surface area contributed by atoms with E-state index >= 15 is 0 Å². The first-order valence-electron chi connectivity index (χ1n) is 5.87. The minimum atomic E-state index is -1.64. The first-order chi connectivity index (χ1) is 7.57. The highest BCUT2D eigenvalue weighted by molar-refractivity contribution is 6.70. The Kier molecular flexibility index (Phi) is 6.05. The fraction of sp³-hybridized carbons (Fsp3) is 0.667. The summed E-state index contributed by atoms with van der Waals surface area (Å²) in [4.78, 5) is 0. The van der Waals surface area contributed by atoms with Crippen LogP contribution in [0.25, 0.3) is 0 Å². The van der Waals surface area contributed by atoms with Crippen LogP contribution in [-0.2, 0) is 13.6 Å². The zero-order valence-electron chi connectivity index (χ0n) is 12.4. The van der Waals surface area contributed by atoms with E-state index in [1.807, 2.05) is 19.1 Å². The maximum atomic E-state index is 5.91. The molecule has 0 bridgehead atoms. The second kappa shape index (κ2) is 6.30. The normalized spacial score (nSPS) is 14.6. The van der Waals surface area contributed by atoms with Gasteiger partial charge in [-0.1, -0.05) is 0 Å². The van der Waals surface area contributed by atoms with Crippen molar-refractivity contribution in [2.75, 3.05) is 7.11 Å². The summed E-state index contributed by atoms with van der Waals surface area (Å²) in [6.45, 7) is 14.8. The van der Waals surface area contributed by atoms with Gasteiger partial charge in [-0.2, -0.15) is 0 Å². The Bertz CT molecular complexity index is 296.